The highest BCUT2D eigenvalue weighted by Gasteiger charge is 2.11. The van der Waals surface area contributed by atoms with Gasteiger partial charge in [0.25, 0.3) is 0 Å². The molecule has 0 bridgehead atoms. The zero-order valence-electron chi connectivity index (χ0n) is 15.0. The van der Waals surface area contributed by atoms with Gasteiger partial charge in [0.1, 0.15) is 22.7 Å². The van der Waals surface area contributed by atoms with Crippen molar-refractivity contribution in [3.63, 3.8) is 0 Å². The van der Waals surface area contributed by atoms with Crippen molar-refractivity contribution < 1.29 is 18.7 Å². The molecule has 0 saturated heterocycles. The second-order valence-electron chi connectivity index (χ2n) is 5.89. The zero-order chi connectivity index (χ0) is 19.3. The van der Waals surface area contributed by atoms with Gasteiger partial charge in [-0.15, -0.1) is 0 Å². The number of aromatic nitrogens is 2. The number of pyridine rings is 1. The number of esters is 1. The second-order valence-corrected chi connectivity index (χ2v) is 5.89. The van der Waals surface area contributed by atoms with Crippen LogP contribution in [-0.2, 0) is 4.79 Å². The first kappa shape index (κ1) is 17.5. The van der Waals surface area contributed by atoms with E-state index in [0.29, 0.717) is 28.4 Å². The van der Waals surface area contributed by atoms with Crippen LogP contribution in [0.1, 0.15) is 5.56 Å². The third-order valence-corrected chi connectivity index (χ3v) is 3.97. The monoisotopic (exact) mass is 372 g/mol. The van der Waals surface area contributed by atoms with Gasteiger partial charge in [0, 0.05) is 18.3 Å². The highest BCUT2D eigenvalue weighted by Crippen LogP contribution is 2.26. The van der Waals surface area contributed by atoms with Crippen LogP contribution in [0.4, 0.5) is 0 Å². The Kier molecular flexibility index (Phi) is 4.84. The van der Waals surface area contributed by atoms with Crippen molar-refractivity contribution in [3.8, 4) is 23.1 Å². The van der Waals surface area contributed by atoms with Gasteiger partial charge < -0.3 is 13.9 Å². The van der Waals surface area contributed by atoms with Crippen molar-refractivity contribution in [1.29, 1.82) is 0 Å². The number of hydrogen-bond donors (Lipinski definition) is 0. The number of carbonyl (C=O) groups is 1. The summed E-state index contributed by atoms with van der Waals surface area (Å²) in [5.74, 6) is 1.01. The molecule has 6 heteroatoms. The van der Waals surface area contributed by atoms with Gasteiger partial charge >= 0.3 is 5.97 Å². The van der Waals surface area contributed by atoms with Gasteiger partial charge in [-0.25, -0.2) is 9.78 Å². The molecule has 4 rings (SSSR count). The maximum Gasteiger partial charge on any atom is 0.336 e. The smallest absolute Gasteiger partial charge is 0.336 e. The summed E-state index contributed by atoms with van der Waals surface area (Å²) in [7, 11) is 1.59. The van der Waals surface area contributed by atoms with Gasteiger partial charge in [-0.1, -0.05) is 18.2 Å². The fraction of sp³-hybridized carbons (Fsp3) is 0.0455. The van der Waals surface area contributed by atoms with Crippen LogP contribution in [0.25, 0.3) is 28.8 Å². The van der Waals surface area contributed by atoms with Crippen LogP contribution in [0.5, 0.6) is 11.5 Å². The minimum Gasteiger partial charge on any atom is -0.497 e. The summed E-state index contributed by atoms with van der Waals surface area (Å²) in [6, 6.07) is 17.9. The Bertz CT molecular complexity index is 1150. The maximum atomic E-state index is 12.1. The fourth-order valence-corrected chi connectivity index (χ4v) is 2.63. The molecule has 6 nitrogen and oxygen atoms in total. The lowest BCUT2D eigenvalue weighted by atomic mass is 10.2. The Morgan fingerprint density at radius 1 is 1.04 bits per heavy atom. The summed E-state index contributed by atoms with van der Waals surface area (Å²) in [6.45, 7) is 0. The summed E-state index contributed by atoms with van der Waals surface area (Å²) in [4.78, 5) is 20.7. The van der Waals surface area contributed by atoms with Crippen LogP contribution >= 0.6 is 0 Å². The maximum absolute atomic E-state index is 12.1. The van der Waals surface area contributed by atoms with Crippen LogP contribution in [0.15, 0.2) is 77.4 Å². The number of carbonyl (C=O) groups excluding carboxylic acids is 1. The number of methoxy groups -OCH3 is 1. The molecule has 2 aromatic carbocycles. The molecule has 0 amide bonds. The molecular weight excluding hydrogens is 356 g/mol. The molecule has 2 aromatic heterocycles. The van der Waals surface area contributed by atoms with E-state index in [1.807, 2.05) is 42.5 Å². The molecule has 2 heterocycles. The van der Waals surface area contributed by atoms with Crippen LogP contribution in [-0.4, -0.2) is 23.0 Å². The lowest BCUT2D eigenvalue weighted by molar-refractivity contribution is -0.128. The number of rotatable bonds is 5. The summed E-state index contributed by atoms with van der Waals surface area (Å²) in [5.41, 5.74) is 2.65. The third kappa shape index (κ3) is 3.91. The molecule has 0 atom stereocenters. The minimum atomic E-state index is -0.494. The summed E-state index contributed by atoms with van der Waals surface area (Å²) >= 11 is 0. The number of hydrogen-bond acceptors (Lipinski definition) is 6. The first-order valence-corrected chi connectivity index (χ1v) is 8.57. The predicted octanol–water partition coefficient (Wildman–Crippen LogP) is 4.52. The topological polar surface area (TPSA) is 74.5 Å². The fourth-order valence-electron chi connectivity index (χ4n) is 2.63. The molecule has 0 N–H and O–H groups in total. The lowest BCUT2D eigenvalue weighted by Gasteiger charge is -2.01. The summed E-state index contributed by atoms with van der Waals surface area (Å²) in [5, 5.41) is 0. The Balaban J connectivity index is 1.49. The van der Waals surface area contributed by atoms with E-state index in [2.05, 4.69) is 9.97 Å². The normalized spacial score (nSPS) is 11.0. The largest absolute Gasteiger partial charge is 0.497 e. The molecule has 0 spiro atoms. The molecule has 0 aliphatic heterocycles. The summed E-state index contributed by atoms with van der Waals surface area (Å²) in [6.07, 6.45) is 4.70. The molecule has 138 valence electrons. The SMILES string of the molecule is COc1cccc(/C=C/C(=O)Oc2ccc3nc(-c4ccccn4)oc3c2)c1. The predicted molar refractivity (Wildman–Crippen MR) is 105 cm³/mol. The third-order valence-electron chi connectivity index (χ3n) is 3.97. The number of fused-ring (bicyclic) bond motifs is 1. The van der Waals surface area contributed by atoms with Gasteiger partial charge in [0.05, 0.1) is 7.11 Å². The van der Waals surface area contributed by atoms with Crippen LogP contribution in [0.3, 0.4) is 0 Å². The molecule has 0 aliphatic carbocycles. The van der Waals surface area contributed by atoms with Crippen molar-refractivity contribution in [1.82, 2.24) is 9.97 Å². The zero-order valence-corrected chi connectivity index (χ0v) is 15.0. The molecule has 0 radical (unpaired) electrons. The standard InChI is InChI=1S/C22H16N2O4/c1-26-16-6-4-5-15(13-16)8-11-21(25)27-17-9-10-18-20(14-17)28-22(24-18)19-7-2-3-12-23-19/h2-14H,1H3/b11-8+. The van der Waals surface area contributed by atoms with E-state index in [1.165, 1.54) is 6.08 Å². The van der Waals surface area contributed by atoms with Crippen LogP contribution in [0.2, 0.25) is 0 Å². The first-order chi connectivity index (χ1) is 13.7. The molecular formula is C22H16N2O4. The van der Waals surface area contributed by atoms with Gasteiger partial charge in [0.15, 0.2) is 5.58 Å². The van der Waals surface area contributed by atoms with E-state index in [-0.39, 0.29) is 0 Å². The number of benzene rings is 2. The van der Waals surface area contributed by atoms with Crippen molar-refractivity contribution in [2.45, 2.75) is 0 Å². The molecule has 28 heavy (non-hydrogen) atoms. The van der Waals surface area contributed by atoms with E-state index < -0.39 is 5.97 Å². The van der Waals surface area contributed by atoms with Crippen LogP contribution < -0.4 is 9.47 Å². The average Bonchev–Trinajstić information content (AvgIpc) is 3.16. The van der Waals surface area contributed by atoms with Crippen LogP contribution in [0, 0.1) is 0 Å². The van der Waals surface area contributed by atoms with E-state index in [1.54, 1.807) is 37.6 Å². The first-order valence-electron chi connectivity index (χ1n) is 8.57. The Hall–Kier alpha value is -3.93. The van der Waals surface area contributed by atoms with Gasteiger partial charge in [-0.3, -0.25) is 4.98 Å². The van der Waals surface area contributed by atoms with Gasteiger partial charge in [0.2, 0.25) is 5.89 Å². The molecule has 0 saturated carbocycles. The number of nitrogens with zero attached hydrogens (tertiary/aromatic N) is 2. The second kappa shape index (κ2) is 7.75. The quantitative estimate of drug-likeness (QED) is 0.291. The average molecular weight is 372 g/mol. The van der Waals surface area contributed by atoms with Gasteiger partial charge in [-0.2, -0.15) is 0 Å². The van der Waals surface area contributed by atoms with Gasteiger partial charge in [-0.05, 0) is 48.0 Å². The van der Waals surface area contributed by atoms with Crippen molar-refractivity contribution in [3.05, 3.63) is 78.5 Å². The summed E-state index contributed by atoms with van der Waals surface area (Å²) < 4.78 is 16.3. The lowest BCUT2D eigenvalue weighted by Crippen LogP contribution is -2.03. The Morgan fingerprint density at radius 3 is 2.79 bits per heavy atom. The van der Waals surface area contributed by atoms with E-state index in [9.17, 15) is 4.79 Å². The Labute approximate surface area is 161 Å². The number of oxazole rings is 1. The molecule has 0 aliphatic rings. The highest BCUT2D eigenvalue weighted by molar-refractivity contribution is 5.89. The van der Waals surface area contributed by atoms with Crippen molar-refractivity contribution in [2.24, 2.45) is 0 Å². The molecule has 0 fully saturated rings. The van der Waals surface area contributed by atoms with E-state index >= 15 is 0 Å². The van der Waals surface area contributed by atoms with Crippen molar-refractivity contribution in [2.75, 3.05) is 7.11 Å². The molecule has 4 aromatic rings. The number of ether oxygens (including phenoxy) is 2. The highest BCUT2D eigenvalue weighted by atomic mass is 16.5. The Morgan fingerprint density at radius 2 is 1.96 bits per heavy atom. The van der Waals surface area contributed by atoms with E-state index in [4.69, 9.17) is 13.9 Å². The molecule has 0 unspecified atom stereocenters. The van der Waals surface area contributed by atoms with Crippen molar-refractivity contribution >= 4 is 23.1 Å². The minimum absolute atomic E-state index is 0.372. The van der Waals surface area contributed by atoms with E-state index in [0.717, 1.165) is 11.3 Å².